The number of hydrogen-bond acceptors (Lipinski definition) is 3. The second kappa shape index (κ2) is 5.01. The first-order valence-corrected chi connectivity index (χ1v) is 5.24. The maximum Gasteiger partial charge on any atom is 0.157 e. The Hall–Kier alpha value is -1.51. The van der Waals surface area contributed by atoms with Crippen molar-refractivity contribution in [3.05, 3.63) is 23.8 Å². The van der Waals surface area contributed by atoms with E-state index in [9.17, 15) is 4.79 Å². The lowest BCUT2D eigenvalue weighted by molar-refractivity contribution is -0.109. The minimum atomic E-state index is -0.0489. The Kier molecular flexibility index (Phi) is 3.93. The van der Waals surface area contributed by atoms with Gasteiger partial charge in [-0.25, -0.2) is 0 Å². The first-order valence-electron chi connectivity index (χ1n) is 5.24. The molecule has 0 aliphatic carbocycles. The summed E-state index contributed by atoms with van der Waals surface area (Å²) in [5.74, 6) is 1.53. The van der Waals surface area contributed by atoms with E-state index in [0.717, 1.165) is 23.3 Å². The molecule has 0 aromatic heterocycles. The Morgan fingerprint density at radius 1 is 1.31 bits per heavy atom. The molecule has 0 N–H and O–H groups in total. The fourth-order valence-corrected chi connectivity index (χ4v) is 1.47. The van der Waals surface area contributed by atoms with Crippen molar-refractivity contribution in [3.63, 3.8) is 0 Å². The highest BCUT2D eigenvalue weighted by molar-refractivity contribution is 5.52. The van der Waals surface area contributed by atoms with E-state index in [0.29, 0.717) is 0 Å². The van der Waals surface area contributed by atoms with Gasteiger partial charge in [-0.2, -0.15) is 0 Å². The van der Waals surface area contributed by atoms with E-state index in [1.165, 1.54) is 0 Å². The second-order valence-electron chi connectivity index (χ2n) is 4.59. The van der Waals surface area contributed by atoms with Crippen LogP contribution in [0.3, 0.4) is 0 Å². The van der Waals surface area contributed by atoms with Gasteiger partial charge in [0.2, 0.25) is 0 Å². The molecular formula is C13H18O3. The van der Waals surface area contributed by atoms with Gasteiger partial charge in [0.25, 0.3) is 0 Å². The second-order valence-corrected chi connectivity index (χ2v) is 4.59. The van der Waals surface area contributed by atoms with Crippen LogP contribution in [0, 0.1) is 0 Å². The minimum Gasteiger partial charge on any atom is -0.497 e. The lowest BCUT2D eigenvalue weighted by atomic mass is 9.86. The fourth-order valence-electron chi connectivity index (χ4n) is 1.47. The predicted molar refractivity (Wildman–Crippen MR) is 63.3 cm³/mol. The largest absolute Gasteiger partial charge is 0.497 e. The maximum atomic E-state index is 10.3. The number of hydrogen-bond donors (Lipinski definition) is 0. The van der Waals surface area contributed by atoms with Crippen LogP contribution in [0.5, 0.6) is 11.5 Å². The first kappa shape index (κ1) is 12.6. The third-order valence-corrected chi connectivity index (χ3v) is 2.30. The number of ether oxygens (including phenoxy) is 2. The Bertz CT molecular complexity index is 364. The van der Waals surface area contributed by atoms with Crippen LogP contribution in [0.2, 0.25) is 0 Å². The van der Waals surface area contributed by atoms with E-state index in [4.69, 9.17) is 9.47 Å². The molecule has 0 aliphatic rings. The fraction of sp³-hybridized carbons (Fsp3) is 0.462. The number of aldehydes is 1. The SMILES string of the molecule is COc1ccc(OCC=O)c(C(C)(C)C)c1. The molecule has 0 saturated carbocycles. The summed E-state index contributed by atoms with van der Waals surface area (Å²) in [6, 6.07) is 5.61. The molecule has 3 heteroatoms. The van der Waals surface area contributed by atoms with Crippen molar-refractivity contribution in [2.24, 2.45) is 0 Å². The third-order valence-electron chi connectivity index (χ3n) is 2.30. The number of carbonyl (C=O) groups is 1. The molecule has 88 valence electrons. The van der Waals surface area contributed by atoms with Crippen molar-refractivity contribution in [1.82, 2.24) is 0 Å². The van der Waals surface area contributed by atoms with Crippen LogP contribution in [0.4, 0.5) is 0 Å². The van der Waals surface area contributed by atoms with E-state index >= 15 is 0 Å². The Morgan fingerprint density at radius 3 is 2.50 bits per heavy atom. The van der Waals surface area contributed by atoms with Crippen LogP contribution in [-0.4, -0.2) is 20.0 Å². The van der Waals surface area contributed by atoms with Crippen molar-refractivity contribution < 1.29 is 14.3 Å². The highest BCUT2D eigenvalue weighted by Gasteiger charge is 2.19. The van der Waals surface area contributed by atoms with Crippen molar-refractivity contribution in [2.45, 2.75) is 26.2 Å². The normalized spacial score (nSPS) is 11.0. The molecule has 0 aliphatic heterocycles. The number of methoxy groups -OCH3 is 1. The molecule has 0 unspecified atom stereocenters. The summed E-state index contributed by atoms with van der Waals surface area (Å²) in [6.07, 6.45) is 0.747. The zero-order chi connectivity index (χ0) is 12.2. The molecule has 1 aromatic carbocycles. The van der Waals surface area contributed by atoms with Crippen LogP contribution in [0.1, 0.15) is 26.3 Å². The highest BCUT2D eigenvalue weighted by Crippen LogP contribution is 2.34. The summed E-state index contributed by atoms with van der Waals surface area (Å²) in [7, 11) is 1.63. The van der Waals surface area contributed by atoms with Gasteiger partial charge < -0.3 is 9.47 Å². The summed E-state index contributed by atoms with van der Waals surface area (Å²) in [5.41, 5.74) is 0.987. The average molecular weight is 222 g/mol. The van der Waals surface area contributed by atoms with Gasteiger partial charge in [-0.05, 0) is 23.6 Å². The summed E-state index contributed by atoms with van der Waals surface area (Å²) in [5, 5.41) is 0. The molecule has 0 spiro atoms. The van der Waals surface area contributed by atoms with Crippen LogP contribution in [-0.2, 0) is 10.2 Å². The molecule has 1 aromatic rings. The van der Waals surface area contributed by atoms with E-state index in [-0.39, 0.29) is 12.0 Å². The molecule has 0 bridgehead atoms. The standard InChI is InChI=1S/C13H18O3/c1-13(2,3)11-9-10(15-4)5-6-12(11)16-8-7-14/h5-7,9H,8H2,1-4H3. The minimum absolute atomic E-state index is 0.0489. The van der Waals surface area contributed by atoms with Crippen molar-refractivity contribution in [2.75, 3.05) is 13.7 Å². The molecule has 3 nitrogen and oxygen atoms in total. The van der Waals surface area contributed by atoms with Gasteiger partial charge in [0.1, 0.15) is 18.1 Å². The predicted octanol–water partition coefficient (Wildman–Crippen LogP) is 2.57. The van der Waals surface area contributed by atoms with Crippen LogP contribution in [0.25, 0.3) is 0 Å². The highest BCUT2D eigenvalue weighted by atomic mass is 16.5. The lowest BCUT2D eigenvalue weighted by Crippen LogP contribution is -2.14. The monoisotopic (exact) mass is 222 g/mol. The van der Waals surface area contributed by atoms with Gasteiger partial charge in [-0.3, -0.25) is 4.79 Å². The Labute approximate surface area is 96.4 Å². The summed E-state index contributed by atoms with van der Waals surface area (Å²) >= 11 is 0. The number of rotatable bonds is 4. The lowest BCUT2D eigenvalue weighted by Gasteiger charge is -2.23. The van der Waals surface area contributed by atoms with Gasteiger partial charge in [-0.15, -0.1) is 0 Å². The van der Waals surface area contributed by atoms with E-state index in [2.05, 4.69) is 20.8 Å². The molecule has 0 radical (unpaired) electrons. The first-order chi connectivity index (χ1) is 7.49. The molecular weight excluding hydrogens is 204 g/mol. The maximum absolute atomic E-state index is 10.3. The number of carbonyl (C=O) groups excluding carboxylic acids is 1. The zero-order valence-electron chi connectivity index (χ0n) is 10.2. The summed E-state index contributed by atoms with van der Waals surface area (Å²) < 4.78 is 10.6. The zero-order valence-corrected chi connectivity index (χ0v) is 10.2. The smallest absolute Gasteiger partial charge is 0.157 e. The van der Waals surface area contributed by atoms with Gasteiger partial charge in [-0.1, -0.05) is 20.8 Å². The van der Waals surface area contributed by atoms with E-state index < -0.39 is 0 Å². The quantitative estimate of drug-likeness (QED) is 0.734. The van der Waals surface area contributed by atoms with Crippen LogP contribution < -0.4 is 9.47 Å². The molecule has 1 rings (SSSR count). The Balaban J connectivity index is 3.11. The topological polar surface area (TPSA) is 35.5 Å². The van der Waals surface area contributed by atoms with Gasteiger partial charge >= 0.3 is 0 Å². The van der Waals surface area contributed by atoms with E-state index in [1.807, 2.05) is 18.2 Å². The van der Waals surface area contributed by atoms with Crippen molar-refractivity contribution in [3.8, 4) is 11.5 Å². The Morgan fingerprint density at radius 2 is 2.00 bits per heavy atom. The molecule has 0 fully saturated rings. The van der Waals surface area contributed by atoms with Gasteiger partial charge in [0.05, 0.1) is 7.11 Å². The molecule has 0 amide bonds. The van der Waals surface area contributed by atoms with Crippen molar-refractivity contribution in [1.29, 1.82) is 0 Å². The molecule has 0 atom stereocenters. The summed E-state index contributed by atoms with van der Waals surface area (Å²) in [4.78, 5) is 10.3. The number of benzene rings is 1. The van der Waals surface area contributed by atoms with Gasteiger partial charge in [0, 0.05) is 5.56 Å². The van der Waals surface area contributed by atoms with E-state index in [1.54, 1.807) is 7.11 Å². The third kappa shape index (κ3) is 2.99. The summed E-state index contributed by atoms with van der Waals surface area (Å²) in [6.45, 7) is 6.36. The molecule has 0 heterocycles. The van der Waals surface area contributed by atoms with Crippen LogP contribution in [0.15, 0.2) is 18.2 Å². The van der Waals surface area contributed by atoms with Crippen molar-refractivity contribution >= 4 is 6.29 Å². The average Bonchev–Trinajstić information content (AvgIpc) is 2.25. The molecule has 0 saturated heterocycles. The van der Waals surface area contributed by atoms with Crippen LogP contribution >= 0.6 is 0 Å². The molecule has 16 heavy (non-hydrogen) atoms. The van der Waals surface area contributed by atoms with Gasteiger partial charge in [0.15, 0.2) is 6.29 Å².